The van der Waals surface area contributed by atoms with Gasteiger partial charge in [-0.05, 0) is 32.4 Å². The molecule has 0 bridgehead atoms. The van der Waals surface area contributed by atoms with Crippen LogP contribution in [0.25, 0.3) is 10.6 Å². The molecule has 0 aliphatic rings. The third-order valence-corrected chi connectivity index (χ3v) is 3.89. The summed E-state index contributed by atoms with van der Waals surface area (Å²) in [6.07, 6.45) is 1.05. The van der Waals surface area contributed by atoms with E-state index in [2.05, 4.69) is 22.2 Å². The lowest BCUT2D eigenvalue weighted by atomic mass is 10.2. The van der Waals surface area contributed by atoms with Crippen LogP contribution in [0.1, 0.15) is 24.7 Å². The summed E-state index contributed by atoms with van der Waals surface area (Å²) in [5, 5.41) is 3.33. The fraction of sp³-hybridized carbons (Fsp3) is 0.385. The maximum atomic E-state index is 5.99. The number of aryl methyl sites for hydroxylation is 2. The van der Waals surface area contributed by atoms with E-state index in [1.807, 2.05) is 26.0 Å². The predicted molar refractivity (Wildman–Crippen MR) is 78.6 cm³/mol. The summed E-state index contributed by atoms with van der Waals surface area (Å²) >= 11 is 7.51. The number of rotatable bonds is 4. The second kappa shape index (κ2) is 5.67. The fourth-order valence-electron chi connectivity index (χ4n) is 1.58. The number of halogens is 1. The van der Waals surface area contributed by atoms with Crippen LogP contribution in [-0.4, -0.2) is 16.5 Å². The van der Waals surface area contributed by atoms with Crippen LogP contribution in [0.2, 0.25) is 4.34 Å². The molecule has 96 valence electrons. The van der Waals surface area contributed by atoms with Gasteiger partial charge in [0.15, 0.2) is 5.82 Å². The highest BCUT2D eigenvalue weighted by atomic mass is 35.5. The number of hydrogen-bond donors (Lipinski definition) is 1. The van der Waals surface area contributed by atoms with Gasteiger partial charge in [-0.25, -0.2) is 9.97 Å². The normalized spacial score (nSPS) is 10.7. The molecule has 0 radical (unpaired) electrons. The van der Waals surface area contributed by atoms with Gasteiger partial charge in [0.1, 0.15) is 5.69 Å². The van der Waals surface area contributed by atoms with Crippen LogP contribution in [0, 0.1) is 13.8 Å². The summed E-state index contributed by atoms with van der Waals surface area (Å²) in [6.45, 7) is 6.97. The molecular formula is C13H16ClN3S. The van der Waals surface area contributed by atoms with E-state index >= 15 is 0 Å². The molecular weight excluding hydrogens is 266 g/mol. The Kier molecular flexibility index (Phi) is 4.19. The van der Waals surface area contributed by atoms with Crippen LogP contribution < -0.4 is 5.32 Å². The van der Waals surface area contributed by atoms with Crippen molar-refractivity contribution in [1.29, 1.82) is 0 Å². The van der Waals surface area contributed by atoms with Crippen molar-refractivity contribution >= 4 is 28.8 Å². The van der Waals surface area contributed by atoms with Crippen molar-refractivity contribution in [1.82, 2.24) is 9.97 Å². The van der Waals surface area contributed by atoms with Crippen molar-refractivity contribution in [2.24, 2.45) is 0 Å². The average molecular weight is 282 g/mol. The van der Waals surface area contributed by atoms with Gasteiger partial charge < -0.3 is 5.32 Å². The lowest BCUT2D eigenvalue weighted by molar-refractivity contribution is 0.954. The molecule has 0 saturated carbocycles. The summed E-state index contributed by atoms with van der Waals surface area (Å²) in [5.74, 6) is 0.846. The minimum absolute atomic E-state index is 0.770. The quantitative estimate of drug-likeness (QED) is 0.908. The maximum Gasteiger partial charge on any atom is 0.153 e. The molecule has 0 aromatic carbocycles. The minimum Gasteiger partial charge on any atom is -0.368 e. The first-order valence-electron chi connectivity index (χ1n) is 5.96. The molecule has 0 amide bonds. The Labute approximate surface area is 116 Å². The number of thiophene rings is 1. The van der Waals surface area contributed by atoms with Crippen LogP contribution in [0.15, 0.2) is 12.1 Å². The number of anilines is 1. The summed E-state index contributed by atoms with van der Waals surface area (Å²) in [4.78, 5) is 10.3. The molecule has 0 unspecified atom stereocenters. The molecule has 18 heavy (non-hydrogen) atoms. The molecule has 2 heterocycles. The molecule has 5 heteroatoms. The lowest BCUT2D eigenvalue weighted by Gasteiger charge is -2.11. The Morgan fingerprint density at radius 1 is 1.22 bits per heavy atom. The number of nitrogens with one attached hydrogen (secondary N) is 1. The van der Waals surface area contributed by atoms with Gasteiger partial charge in [-0.2, -0.15) is 0 Å². The zero-order chi connectivity index (χ0) is 13.1. The van der Waals surface area contributed by atoms with E-state index in [0.29, 0.717) is 0 Å². The standard InChI is InChI=1S/C13H16ClN3S/c1-4-7-15-13-12(10-5-6-11(14)18-10)16-8(2)9(3)17-13/h5-6H,4,7H2,1-3H3,(H,15,17). The first-order chi connectivity index (χ1) is 8.61. The third-order valence-electron chi connectivity index (χ3n) is 2.66. The van der Waals surface area contributed by atoms with Crippen LogP contribution in [0.3, 0.4) is 0 Å². The molecule has 0 saturated heterocycles. The second-order valence-corrected chi connectivity index (χ2v) is 5.84. The van der Waals surface area contributed by atoms with Crippen molar-refractivity contribution in [2.75, 3.05) is 11.9 Å². The lowest BCUT2D eigenvalue weighted by Crippen LogP contribution is -2.07. The molecule has 2 aromatic rings. The van der Waals surface area contributed by atoms with E-state index in [1.54, 1.807) is 0 Å². The van der Waals surface area contributed by atoms with Gasteiger partial charge in [-0.1, -0.05) is 18.5 Å². The molecule has 0 fully saturated rings. The Bertz CT molecular complexity index is 551. The summed E-state index contributed by atoms with van der Waals surface area (Å²) in [5.41, 5.74) is 2.81. The Morgan fingerprint density at radius 2 is 1.94 bits per heavy atom. The minimum atomic E-state index is 0.770. The van der Waals surface area contributed by atoms with Crippen molar-refractivity contribution in [3.63, 3.8) is 0 Å². The topological polar surface area (TPSA) is 37.8 Å². The van der Waals surface area contributed by atoms with Crippen LogP contribution >= 0.6 is 22.9 Å². The highest BCUT2D eigenvalue weighted by Gasteiger charge is 2.12. The van der Waals surface area contributed by atoms with Gasteiger partial charge >= 0.3 is 0 Å². The van der Waals surface area contributed by atoms with Crippen molar-refractivity contribution < 1.29 is 0 Å². The maximum absolute atomic E-state index is 5.99. The largest absolute Gasteiger partial charge is 0.368 e. The SMILES string of the molecule is CCCNc1nc(C)c(C)nc1-c1ccc(Cl)s1. The first kappa shape index (κ1) is 13.3. The van der Waals surface area contributed by atoms with Crippen molar-refractivity contribution in [2.45, 2.75) is 27.2 Å². The van der Waals surface area contributed by atoms with Crippen LogP contribution in [-0.2, 0) is 0 Å². The number of hydrogen-bond acceptors (Lipinski definition) is 4. The molecule has 2 aromatic heterocycles. The highest BCUT2D eigenvalue weighted by Crippen LogP contribution is 2.33. The van der Waals surface area contributed by atoms with Gasteiger partial charge in [0.2, 0.25) is 0 Å². The Morgan fingerprint density at radius 3 is 2.56 bits per heavy atom. The molecule has 1 N–H and O–H groups in total. The first-order valence-corrected chi connectivity index (χ1v) is 7.16. The molecule has 3 nitrogen and oxygen atoms in total. The summed E-state index contributed by atoms with van der Waals surface area (Å²) < 4.78 is 0.770. The van der Waals surface area contributed by atoms with Crippen LogP contribution in [0.4, 0.5) is 5.82 Å². The highest BCUT2D eigenvalue weighted by molar-refractivity contribution is 7.19. The molecule has 2 rings (SSSR count). The summed E-state index contributed by atoms with van der Waals surface area (Å²) in [6, 6.07) is 3.88. The van der Waals surface area contributed by atoms with E-state index in [-0.39, 0.29) is 0 Å². The van der Waals surface area contributed by atoms with Gasteiger partial charge in [0.25, 0.3) is 0 Å². The van der Waals surface area contributed by atoms with Crippen LogP contribution in [0.5, 0.6) is 0 Å². The zero-order valence-corrected chi connectivity index (χ0v) is 12.3. The molecule has 0 atom stereocenters. The Balaban J connectivity index is 2.46. The van der Waals surface area contributed by atoms with E-state index in [1.165, 1.54) is 11.3 Å². The third kappa shape index (κ3) is 2.82. The molecule has 0 aliphatic heterocycles. The van der Waals surface area contributed by atoms with Crippen molar-refractivity contribution in [3.05, 3.63) is 27.9 Å². The molecule has 0 spiro atoms. The molecule has 0 aliphatic carbocycles. The van der Waals surface area contributed by atoms with E-state index in [9.17, 15) is 0 Å². The Hall–Kier alpha value is -1.13. The van der Waals surface area contributed by atoms with Gasteiger partial charge in [0, 0.05) is 6.54 Å². The van der Waals surface area contributed by atoms with Crippen molar-refractivity contribution in [3.8, 4) is 10.6 Å². The smallest absolute Gasteiger partial charge is 0.153 e. The zero-order valence-electron chi connectivity index (χ0n) is 10.7. The fourth-order valence-corrected chi connectivity index (χ4v) is 2.62. The number of aromatic nitrogens is 2. The van der Waals surface area contributed by atoms with Gasteiger partial charge in [-0.3, -0.25) is 0 Å². The average Bonchev–Trinajstić information content (AvgIpc) is 2.77. The van der Waals surface area contributed by atoms with E-state index in [4.69, 9.17) is 11.6 Å². The van der Waals surface area contributed by atoms with Gasteiger partial charge in [0.05, 0.1) is 20.6 Å². The monoisotopic (exact) mass is 281 g/mol. The van der Waals surface area contributed by atoms with Gasteiger partial charge in [-0.15, -0.1) is 11.3 Å². The van der Waals surface area contributed by atoms with E-state index in [0.717, 1.165) is 45.1 Å². The predicted octanol–water partition coefficient (Wildman–Crippen LogP) is 4.30. The summed E-state index contributed by atoms with van der Waals surface area (Å²) in [7, 11) is 0. The number of nitrogens with zero attached hydrogens (tertiary/aromatic N) is 2. The second-order valence-electron chi connectivity index (χ2n) is 4.12. The van der Waals surface area contributed by atoms with E-state index < -0.39 is 0 Å².